The smallest absolute Gasteiger partial charge is 0.314 e. The van der Waals surface area contributed by atoms with Crippen molar-refractivity contribution in [1.82, 2.24) is 4.90 Å². The monoisotopic (exact) mass is 198 g/mol. The summed E-state index contributed by atoms with van der Waals surface area (Å²) in [6, 6.07) is -0.264. The highest BCUT2D eigenvalue weighted by Crippen LogP contribution is 2.34. The lowest BCUT2D eigenvalue weighted by Crippen LogP contribution is -2.36. The van der Waals surface area contributed by atoms with Crippen LogP contribution in [0.4, 0.5) is 4.79 Å². The fraction of sp³-hybridized carbons (Fsp3) is 0.909. The fourth-order valence-corrected chi connectivity index (χ4v) is 2.18. The third-order valence-corrected chi connectivity index (χ3v) is 3.26. The van der Waals surface area contributed by atoms with Crippen LogP contribution in [-0.2, 0) is 0 Å². The fourth-order valence-electron chi connectivity index (χ4n) is 2.18. The van der Waals surface area contributed by atoms with Gasteiger partial charge < -0.3 is 10.6 Å². The van der Waals surface area contributed by atoms with Gasteiger partial charge in [-0.05, 0) is 30.6 Å². The number of nitrogens with zero attached hydrogens (tertiary/aromatic N) is 1. The summed E-state index contributed by atoms with van der Waals surface area (Å²) in [5.41, 5.74) is 5.63. The first-order valence-corrected chi connectivity index (χ1v) is 5.45. The van der Waals surface area contributed by atoms with Crippen LogP contribution in [0.25, 0.3) is 0 Å². The molecule has 0 aromatic heterocycles. The van der Waals surface area contributed by atoms with Crippen LogP contribution in [-0.4, -0.2) is 24.0 Å². The van der Waals surface area contributed by atoms with Crippen LogP contribution in [0, 0.1) is 11.3 Å². The van der Waals surface area contributed by atoms with E-state index in [1.54, 1.807) is 4.90 Å². The van der Waals surface area contributed by atoms with Crippen molar-refractivity contribution in [2.45, 2.75) is 40.0 Å². The Morgan fingerprint density at radius 2 is 1.93 bits per heavy atom. The van der Waals surface area contributed by atoms with Crippen molar-refractivity contribution in [3.63, 3.8) is 0 Å². The molecule has 1 atom stereocenters. The maximum atomic E-state index is 11.0. The lowest BCUT2D eigenvalue weighted by Gasteiger charge is -2.29. The molecule has 14 heavy (non-hydrogen) atoms. The Bertz CT molecular complexity index is 208. The first-order valence-electron chi connectivity index (χ1n) is 5.45. The molecular formula is C11H22N2O. The molecule has 0 bridgehead atoms. The van der Waals surface area contributed by atoms with Crippen molar-refractivity contribution >= 4 is 6.03 Å². The number of amides is 2. The molecular weight excluding hydrogens is 176 g/mol. The number of rotatable bonds is 0. The van der Waals surface area contributed by atoms with E-state index in [1.165, 1.54) is 6.42 Å². The second-order valence-electron chi connectivity index (χ2n) is 5.32. The number of urea groups is 1. The van der Waals surface area contributed by atoms with Crippen molar-refractivity contribution in [1.29, 1.82) is 0 Å². The van der Waals surface area contributed by atoms with Gasteiger partial charge in [0, 0.05) is 13.1 Å². The molecule has 0 spiro atoms. The molecule has 1 aliphatic heterocycles. The van der Waals surface area contributed by atoms with Gasteiger partial charge in [0.2, 0.25) is 0 Å². The topological polar surface area (TPSA) is 46.3 Å². The number of carbonyl (C=O) groups is 1. The molecule has 2 N–H and O–H groups in total. The minimum atomic E-state index is -0.264. The molecule has 0 radical (unpaired) electrons. The van der Waals surface area contributed by atoms with Gasteiger partial charge in [0.25, 0.3) is 0 Å². The van der Waals surface area contributed by atoms with Gasteiger partial charge in [-0.2, -0.15) is 0 Å². The zero-order chi connectivity index (χ0) is 10.8. The van der Waals surface area contributed by atoms with E-state index >= 15 is 0 Å². The van der Waals surface area contributed by atoms with E-state index in [2.05, 4.69) is 20.8 Å². The standard InChI is InChI=1S/C11H22N2O/c1-11(2,3)9-5-4-7-13(8-6-9)10(12)14/h9H,4-8H2,1-3H3,(H2,12,14). The summed E-state index contributed by atoms with van der Waals surface area (Å²) in [6.07, 6.45) is 3.39. The van der Waals surface area contributed by atoms with Crippen LogP contribution >= 0.6 is 0 Å². The summed E-state index contributed by atoms with van der Waals surface area (Å²) in [7, 11) is 0. The van der Waals surface area contributed by atoms with Crippen molar-refractivity contribution in [2.24, 2.45) is 17.1 Å². The zero-order valence-electron chi connectivity index (χ0n) is 9.55. The predicted molar refractivity (Wildman–Crippen MR) is 58.0 cm³/mol. The molecule has 1 fully saturated rings. The van der Waals surface area contributed by atoms with Crippen LogP contribution < -0.4 is 5.73 Å². The Morgan fingerprint density at radius 3 is 2.43 bits per heavy atom. The molecule has 3 heteroatoms. The van der Waals surface area contributed by atoms with E-state index in [4.69, 9.17) is 5.73 Å². The molecule has 1 saturated heterocycles. The highest BCUT2D eigenvalue weighted by Gasteiger charge is 2.27. The maximum absolute atomic E-state index is 11.0. The Kier molecular flexibility index (Phi) is 3.40. The molecule has 3 nitrogen and oxygen atoms in total. The van der Waals surface area contributed by atoms with Crippen LogP contribution in [0.2, 0.25) is 0 Å². The van der Waals surface area contributed by atoms with Crippen LogP contribution in [0.5, 0.6) is 0 Å². The third kappa shape index (κ3) is 2.89. The average molecular weight is 198 g/mol. The number of hydrogen-bond acceptors (Lipinski definition) is 1. The molecule has 1 rings (SSSR count). The minimum Gasteiger partial charge on any atom is -0.351 e. The van der Waals surface area contributed by atoms with Gasteiger partial charge in [0.1, 0.15) is 0 Å². The van der Waals surface area contributed by atoms with Gasteiger partial charge in [0.15, 0.2) is 0 Å². The lowest BCUT2D eigenvalue weighted by molar-refractivity contribution is 0.198. The summed E-state index contributed by atoms with van der Waals surface area (Å²) in [6.45, 7) is 8.49. The van der Waals surface area contributed by atoms with Gasteiger partial charge in [-0.15, -0.1) is 0 Å². The average Bonchev–Trinajstić information content (AvgIpc) is 2.26. The molecule has 2 amide bonds. The number of nitrogens with two attached hydrogens (primary N) is 1. The highest BCUT2D eigenvalue weighted by atomic mass is 16.2. The maximum Gasteiger partial charge on any atom is 0.314 e. The molecule has 82 valence electrons. The molecule has 0 aromatic rings. The highest BCUT2D eigenvalue weighted by molar-refractivity contribution is 5.71. The Hall–Kier alpha value is -0.730. The van der Waals surface area contributed by atoms with Crippen molar-refractivity contribution in [3.05, 3.63) is 0 Å². The summed E-state index contributed by atoms with van der Waals surface area (Å²) in [4.78, 5) is 12.8. The SMILES string of the molecule is CC(C)(C)C1CCCN(C(N)=O)CC1. The quantitative estimate of drug-likeness (QED) is 0.637. The number of hydrogen-bond donors (Lipinski definition) is 1. The summed E-state index contributed by atoms with van der Waals surface area (Å²) in [5, 5.41) is 0. The normalized spacial score (nSPS) is 24.5. The first-order chi connectivity index (χ1) is 6.41. The van der Waals surface area contributed by atoms with E-state index in [9.17, 15) is 4.79 Å². The third-order valence-electron chi connectivity index (χ3n) is 3.26. The van der Waals surface area contributed by atoms with Crippen molar-refractivity contribution in [3.8, 4) is 0 Å². The molecule has 0 aliphatic carbocycles. The number of carbonyl (C=O) groups excluding carboxylic acids is 1. The van der Waals surface area contributed by atoms with E-state index in [1.807, 2.05) is 0 Å². The number of primary amides is 1. The van der Waals surface area contributed by atoms with E-state index in [-0.39, 0.29) is 6.03 Å². The Morgan fingerprint density at radius 1 is 1.29 bits per heavy atom. The van der Waals surface area contributed by atoms with E-state index < -0.39 is 0 Å². The Balaban J connectivity index is 2.53. The van der Waals surface area contributed by atoms with E-state index in [0.717, 1.165) is 25.9 Å². The molecule has 1 unspecified atom stereocenters. The second-order valence-corrected chi connectivity index (χ2v) is 5.32. The van der Waals surface area contributed by atoms with Gasteiger partial charge in [-0.25, -0.2) is 4.79 Å². The molecule has 0 saturated carbocycles. The Labute approximate surface area is 86.6 Å². The van der Waals surface area contributed by atoms with Gasteiger partial charge in [0.05, 0.1) is 0 Å². The van der Waals surface area contributed by atoms with Crippen LogP contribution in [0.1, 0.15) is 40.0 Å². The first kappa shape index (κ1) is 11.3. The van der Waals surface area contributed by atoms with Gasteiger partial charge in [-0.1, -0.05) is 20.8 Å². The van der Waals surface area contributed by atoms with Gasteiger partial charge >= 0.3 is 6.03 Å². The summed E-state index contributed by atoms with van der Waals surface area (Å²) < 4.78 is 0. The second kappa shape index (κ2) is 4.20. The van der Waals surface area contributed by atoms with Crippen molar-refractivity contribution < 1.29 is 4.79 Å². The largest absolute Gasteiger partial charge is 0.351 e. The van der Waals surface area contributed by atoms with Gasteiger partial charge in [-0.3, -0.25) is 0 Å². The molecule has 0 aromatic carbocycles. The van der Waals surface area contributed by atoms with E-state index in [0.29, 0.717) is 11.3 Å². The molecule has 1 aliphatic rings. The lowest BCUT2D eigenvalue weighted by atomic mass is 9.77. The molecule has 1 heterocycles. The summed E-state index contributed by atoms with van der Waals surface area (Å²) >= 11 is 0. The van der Waals surface area contributed by atoms with Crippen LogP contribution in [0.15, 0.2) is 0 Å². The minimum absolute atomic E-state index is 0.264. The van der Waals surface area contributed by atoms with Crippen LogP contribution in [0.3, 0.4) is 0 Å². The summed E-state index contributed by atoms with van der Waals surface area (Å²) in [5.74, 6) is 0.715. The zero-order valence-corrected chi connectivity index (χ0v) is 9.55. The van der Waals surface area contributed by atoms with Crippen molar-refractivity contribution in [2.75, 3.05) is 13.1 Å². The predicted octanol–water partition coefficient (Wildman–Crippen LogP) is 2.21. The number of likely N-dealkylation sites (tertiary alicyclic amines) is 1.